The van der Waals surface area contributed by atoms with Crippen LogP contribution in [0.4, 0.5) is 11.4 Å². The van der Waals surface area contributed by atoms with Crippen LogP contribution in [0.2, 0.25) is 0 Å². The molecule has 0 spiro atoms. The Hall–Kier alpha value is -2.72. The first-order valence-electron chi connectivity index (χ1n) is 10.3. The average molecular weight is 476 g/mol. The second kappa shape index (κ2) is 9.41. The van der Waals surface area contributed by atoms with Crippen molar-refractivity contribution >= 4 is 44.0 Å². The molecule has 2 atom stereocenters. The lowest BCUT2D eigenvalue weighted by atomic mass is 10.2. The predicted molar refractivity (Wildman–Crippen MR) is 128 cm³/mol. The Morgan fingerprint density at radius 1 is 1.19 bits per heavy atom. The number of carbonyl (C=O) groups is 1. The lowest BCUT2D eigenvalue weighted by Gasteiger charge is -2.24. The van der Waals surface area contributed by atoms with Crippen LogP contribution < -0.4 is 19.7 Å². The molecule has 0 saturated carbocycles. The third-order valence-corrected chi connectivity index (χ3v) is 8.40. The van der Waals surface area contributed by atoms with E-state index in [1.54, 1.807) is 31.4 Å². The van der Waals surface area contributed by atoms with Gasteiger partial charge >= 0.3 is 0 Å². The minimum atomic E-state index is -3.06. The van der Waals surface area contributed by atoms with Gasteiger partial charge in [-0.1, -0.05) is 17.8 Å². The van der Waals surface area contributed by atoms with Crippen LogP contribution in [0.3, 0.4) is 0 Å². The lowest BCUT2D eigenvalue weighted by molar-refractivity contribution is -0.114. The van der Waals surface area contributed by atoms with E-state index >= 15 is 0 Å². The van der Waals surface area contributed by atoms with Gasteiger partial charge in [0, 0.05) is 22.7 Å². The molecule has 0 unspecified atom stereocenters. The van der Waals surface area contributed by atoms with Gasteiger partial charge in [-0.25, -0.2) is 8.42 Å². The molecule has 2 aliphatic heterocycles. The molecule has 1 fully saturated rings. The van der Waals surface area contributed by atoms with Gasteiger partial charge in [0.25, 0.3) is 0 Å². The predicted octanol–water partition coefficient (Wildman–Crippen LogP) is 2.81. The normalized spacial score (nSPS) is 20.9. The number of sulfone groups is 1. The number of ether oxygens (including phenoxy) is 2. The van der Waals surface area contributed by atoms with Crippen LogP contribution in [0.1, 0.15) is 6.92 Å². The molecule has 2 heterocycles. The van der Waals surface area contributed by atoms with E-state index in [-0.39, 0.29) is 35.2 Å². The second-order valence-corrected chi connectivity index (χ2v) is 10.9. The molecule has 10 heteroatoms. The smallest absolute Gasteiger partial charge is 0.244 e. The maximum absolute atomic E-state index is 12.9. The number of nitrogens with zero attached hydrogens (tertiary/aromatic N) is 2. The molecular weight excluding hydrogens is 450 g/mol. The summed E-state index contributed by atoms with van der Waals surface area (Å²) in [5.74, 6) is 1.33. The number of methoxy groups -OCH3 is 1. The monoisotopic (exact) mass is 475 g/mol. The van der Waals surface area contributed by atoms with Crippen LogP contribution in [-0.2, 0) is 14.6 Å². The number of amides is 1. The van der Waals surface area contributed by atoms with E-state index in [0.717, 1.165) is 11.4 Å². The summed E-state index contributed by atoms with van der Waals surface area (Å²) >= 11 is 1.42. The fourth-order valence-corrected chi connectivity index (χ4v) is 7.45. The number of hydrogen-bond donors (Lipinski definition) is 1. The number of aliphatic imine (C=N–C) groups is 1. The molecule has 170 valence electrons. The molecule has 1 amide bonds. The summed E-state index contributed by atoms with van der Waals surface area (Å²) in [6, 6.07) is 14.3. The minimum absolute atomic E-state index is 0.0310. The van der Waals surface area contributed by atoms with Crippen molar-refractivity contribution in [1.29, 1.82) is 0 Å². The molecule has 0 radical (unpaired) electrons. The molecule has 2 aliphatic rings. The van der Waals surface area contributed by atoms with Crippen LogP contribution in [0, 0.1) is 0 Å². The Morgan fingerprint density at radius 2 is 1.97 bits per heavy atom. The number of rotatable bonds is 7. The number of thioether (sulfide) groups is 1. The fraction of sp³-hybridized carbons (Fsp3) is 0.364. The van der Waals surface area contributed by atoms with Crippen molar-refractivity contribution in [3.63, 3.8) is 0 Å². The molecule has 2 aromatic carbocycles. The van der Waals surface area contributed by atoms with Gasteiger partial charge < -0.3 is 19.7 Å². The standard InChI is InChI=1S/C22H25N3O5S2/c1-3-30-17-9-7-16(8-10-17)25(22-24-19-13-32(27,28)14-20(19)31-22)12-21(26)23-15-5-4-6-18(11-15)29-2/h4-11,19-20H,3,12-14H2,1-2H3,(H,23,26)/t19-,20-/m1/s1. The number of amidine groups is 1. The van der Waals surface area contributed by atoms with E-state index in [1.165, 1.54) is 11.8 Å². The van der Waals surface area contributed by atoms with Crippen molar-refractivity contribution < 1.29 is 22.7 Å². The first-order chi connectivity index (χ1) is 15.4. The minimum Gasteiger partial charge on any atom is -0.497 e. The summed E-state index contributed by atoms with van der Waals surface area (Å²) in [7, 11) is -1.49. The van der Waals surface area contributed by atoms with Crippen molar-refractivity contribution in [1.82, 2.24) is 0 Å². The van der Waals surface area contributed by atoms with Gasteiger partial charge in [0.05, 0.1) is 31.3 Å². The number of hydrogen-bond acceptors (Lipinski definition) is 8. The molecule has 1 saturated heterocycles. The summed E-state index contributed by atoms with van der Waals surface area (Å²) < 4.78 is 34.6. The Morgan fingerprint density at radius 3 is 2.66 bits per heavy atom. The summed E-state index contributed by atoms with van der Waals surface area (Å²) in [5, 5.41) is 3.43. The van der Waals surface area contributed by atoms with Gasteiger partial charge in [-0.05, 0) is 43.3 Å². The highest BCUT2D eigenvalue weighted by molar-refractivity contribution is 8.15. The zero-order valence-electron chi connectivity index (χ0n) is 17.9. The van der Waals surface area contributed by atoms with Crippen LogP contribution >= 0.6 is 11.8 Å². The quantitative estimate of drug-likeness (QED) is 0.658. The Balaban J connectivity index is 1.55. The maximum Gasteiger partial charge on any atom is 0.244 e. The Labute approximate surface area is 191 Å². The van der Waals surface area contributed by atoms with E-state index in [1.807, 2.05) is 36.1 Å². The van der Waals surface area contributed by atoms with Gasteiger partial charge in [-0.3, -0.25) is 9.79 Å². The van der Waals surface area contributed by atoms with Gasteiger partial charge in [0.2, 0.25) is 5.91 Å². The molecule has 4 rings (SSSR count). The van der Waals surface area contributed by atoms with E-state index < -0.39 is 9.84 Å². The summed E-state index contributed by atoms with van der Waals surface area (Å²) in [6.45, 7) is 2.51. The van der Waals surface area contributed by atoms with Crippen molar-refractivity contribution in [2.24, 2.45) is 4.99 Å². The zero-order chi connectivity index (χ0) is 22.7. The van der Waals surface area contributed by atoms with Gasteiger partial charge in [-0.2, -0.15) is 0 Å². The van der Waals surface area contributed by atoms with E-state index in [4.69, 9.17) is 9.47 Å². The average Bonchev–Trinajstić information content (AvgIpc) is 3.26. The fourth-order valence-electron chi connectivity index (χ4n) is 3.67. The highest BCUT2D eigenvalue weighted by Gasteiger charge is 2.44. The second-order valence-electron chi connectivity index (χ2n) is 7.51. The number of nitrogens with one attached hydrogen (secondary N) is 1. The molecular formula is C22H25N3O5S2. The van der Waals surface area contributed by atoms with Crippen LogP contribution in [0.15, 0.2) is 53.5 Å². The zero-order valence-corrected chi connectivity index (χ0v) is 19.5. The van der Waals surface area contributed by atoms with Gasteiger partial charge in [-0.15, -0.1) is 0 Å². The van der Waals surface area contributed by atoms with Crippen LogP contribution in [0.25, 0.3) is 0 Å². The molecule has 0 bridgehead atoms. The van der Waals surface area contributed by atoms with Gasteiger partial charge in [0.15, 0.2) is 15.0 Å². The summed E-state index contributed by atoms with van der Waals surface area (Å²) in [6.07, 6.45) is 0. The first-order valence-corrected chi connectivity index (χ1v) is 13.0. The van der Waals surface area contributed by atoms with E-state index in [2.05, 4.69) is 10.3 Å². The number of benzene rings is 2. The number of anilines is 2. The van der Waals surface area contributed by atoms with Crippen molar-refractivity contribution in [3.8, 4) is 11.5 Å². The van der Waals surface area contributed by atoms with Gasteiger partial charge in [0.1, 0.15) is 18.0 Å². The van der Waals surface area contributed by atoms with Crippen molar-refractivity contribution in [3.05, 3.63) is 48.5 Å². The topological polar surface area (TPSA) is 97.3 Å². The van der Waals surface area contributed by atoms with E-state index in [0.29, 0.717) is 23.2 Å². The molecule has 0 aliphatic carbocycles. The summed E-state index contributed by atoms with van der Waals surface area (Å²) in [5.41, 5.74) is 1.41. The highest BCUT2D eigenvalue weighted by Crippen LogP contribution is 2.37. The highest BCUT2D eigenvalue weighted by atomic mass is 32.2. The van der Waals surface area contributed by atoms with Crippen molar-refractivity contribution in [2.45, 2.75) is 18.2 Å². The number of carbonyl (C=O) groups excluding carboxylic acids is 1. The van der Waals surface area contributed by atoms with E-state index in [9.17, 15) is 13.2 Å². The Kier molecular flexibility index (Phi) is 6.61. The third kappa shape index (κ3) is 5.18. The van der Waals surface area contributed by atoms with Crippen LogP contribution in [0.5, 0.6) is 11.5 Å². The van der Waals surface area contributed by atoms with Crippen molar-refractivity contribution in [2.75, 3.05) is 42.0 Å². The first kappa shape index (κ1) is 22.5. The molecule has 8 nitrogen and oxygen atoms in total. The largest absolute Gasteiger partial charge is 0.497 e. The van der Waals surface area contributed by atoms with Crippen LogP contribution in [-0.4, -0.2) is 62.6 Å². The molecule has 2 aromatic rings. The Bertz CT molecular complexity index is 1120. The third-order valence-electron chi connectivity index (χ3n) is 5.15. The maximum atomic E-state index is 12.9. The lowest BCUT2D eigenvalue weighted by Crippen LogP contribution is -2.36. The summed E-state index contributed by atoms with van der Waals surface area (Å²) in [4.78, 5) is 19.4. The molecule has 1 N–H and O–H groups in total. The number of fused-ring (bicyclic) bond motifs is 1. The SMILES string of the molecule is CCOc1ccc(N(CC(=O)Nc2cccc(OC)c2)C2=N[C@@H]3CS(=O)(=O)C[C@H]3S2)cc1. The molecule has 32 heavy (non-hydrogen) atoms. The molecule has 0 aromatic heterocycles.